The van der Waals surface area contributed by atoms with Crippen LogP contribution in [0.2, 0.25) is 5.02 Å². The summed E-state index contributed by atoms with van der Waals surface area (Å²) in [5.74, 6) is 1.24. The van der Waals surface area contributed by atoms with Crippen LogP contribution in [-0.2, 0) is 13.1 Å². The topological polar surface area (TPSA) is 93.7 Å². The highest BCUT2D eigenvalue weighted by molar-refractivity contribution is 6.30. The number of rotatable bonds is 8. The predicted octanol–water partition coefficient (Wildman–Crippen LogP) is 3.65. The van der Waals surface area contributed by atoms with Gasteiger partial charge in [-0.1, -0.05) is 30.7 Å². The van der Waals surface area contributed by atoms with E-state index < -0.39 is 0 Å². The molecule has 0 spiro atoms. The number of nitrogens with two attached hydrogens (primary N) is 1. The fraction of sp³-hybridized carbons (Fsp3) is 0.421. The third-order valence-corrected chi connectivity index (χ3v) is 4.26. The molecule has 0 saturated heterocycles. The summed E-state index contributed by atoms with van der Waals surface area (Å²) >= 11 is 5.96. The van der Waals surface area contributed by atoms with Crippen LogP contribution >= 0.6 is 11.6 Å². The second kappa shape index (κ2) is 8.10. The lowest BCUT2D eigenvalue weighted by atomic mass is 10.1. The molecule has 7 nitrogen and oxygen atoms in total. The Labute approximate surface area is 164 Å². The van der Waals surface area contributed by atoms with Crippen LogP contribution in [0.1, 0.15) is 32.8 Å². The number of hydrogen-bond donors (Lipinski definition) is 3. The molecular weight excluding hydrogens is 362 g/mol. The van der Waals surface area contributed by atoms with Gasteiger partial charge in [0.15, 0.2) is 17.0 Å². The van der Waals surface area contributed by atoms with Crippen molar-refractivity contribution in [1.29, 1.82) is 0 Å². The molecule has 3 aromatic rings. The van der Waals surface area contributed by atoms with E-state index >= 15 is 0 Å². The summed E-state index contributed by atoms with van der Waals surface area (Å²) in [4.78, 5) is 13.8. The number of fused-ring (bicyclic) bond motifs is 1. The SMILES string of the molecule is CCCn1cnc2c(NCc3ccc(Cl)cc3)nc(NCC(C)(C)N)nc21. The molecule has 0 aliphatic heterocycles. The van der Waals surface area contributed by atoms with Crippen LogP contribution in [0.4, 0.5) is 11.8 Å². The fourth-order valence-corrected chi connectivity index (χ4v) is 2.77. The van der Waals surface area contributed by atoms with Crippen LogP contribution in [0.5, 0.6) is 0 Å². The van der Waals surface area contributed by atoms with Gasteiger partial charge in [-0.15, -0.1) is 0 Å². The van der Waals surface area contributed by atoms with E-state index in [-0.39, 0.29) is 5.54 Å². The normalized spacial score (nSPS) is 11.7. The Bertz CT molecular complexity index is 897. The number of anilines is 2. The van der Waals surface area contributed by atoms with Crippen molar-refractivity contribution in [2.75, 3.05) is 17.2 Å². The smallest absolute Gasteiger partial charge is 0.226 e. The molecule has 4 N–H and O–H groups in total. The lowest BCUT2D eigenvalue weighted by Crippen LogP contribution is -2.40. The monoisotopic (exact) mass is 387 g/mol. The number of aryl methyl sites for hydroxylation is 1. The molecule has 0 fully saturated rings. The summed E-state index contributed by atoms with van der Waals surface area (Å²) < 4.78 is 2.04. The summed E-state index contributed by atoms with van der Waals surface area (Å²) in [5, 5.41) is 7.33. The Balaban J connectivity index is 1.89. The van der Waals surface area contributed by atoms with Crippen molar-refractivity contribution >= 4 is 34.5 Å². The maximum absolute atomic E-state index is 6.08. The fourth-order valence-electron chi connectivity index (χ4n) is 2.65. The van der Waals surface area contributed by atoms with Crippen LogP contribution in [0.3, 0.4) is 0 Å². The molecule has 2 aromatic heterocycles. The highest BCUT2D eigenvalue weighted by Gasteiger charge is 2.15. The average Bonchev–Trinajstić information content (AvgIpc) is 3.02. The molecule has 2 heterocycles. The first-order valence-corrected chi connectivity index (χ1v) is 9.47. The largest absolute Gasteiger partial charge is 0.364 e. The molecule has 0 radical (unpaired) electrons. The second-order valence-corrected chi connectivity index (χ2v) is 7.76. The first-order valence-electron chi connectivity index (χ1n) is 9.09. The highest BCUT2D eigenvalue weighted by atomic mass is 35.5. The third kappa shape index (κ3) is 5.08. The minimum atomic E-state index is -0.362. The number of nitrogens with zero attached hydrogens (tertiary/aromatic N) is 4. The van der Waals surface area contributed by atoms with E-state index in [2.05, 4.69) is 32.5 Å². The molecule has 0 aliphatic carbocycles. The molecule has 0 amide bonds. The van der Waals surface area contributed by atoms with Gasteiger partial charge in [0, 0.05) is 30.2 Å². The average molecular weight is 388 g/mol. The van der Waals surface area contributed by atoms with Gasteiger partial charge in [-0.05, 0) is 38.0 Å². The van der Waals surface area contributed by atoms with Crippen LogP contribution in [0, 0.1) is 0 Å². The third-order valence-electron chi connectivity index (χ3n) is 4.00. The summed E-state index contributed by atoms with van der Waals surface area (Å²) in [5.41, 5.74) is 8.39. The van der Waals surface area contributed by atoms with E-state index in [1.54, 1.807) is 0 Å². The van der Waals surface area contributed by atoms with Crippen molar-refractivity contribution in [2.45, 2.75) is 45.8 Å². The summed E-state index contributed by atoms with van der Waals surface area (Å²) in [6, 6.07) is 7.72. The van der Waals surface area contributed by atoms with Crippen molar-refractivity contribution in [3.05, 3.63) is 41.2 Å². The maximum atomic E-state index is 6.08. The zero-order valence-corrected chi connectivity index (χ0v) is 16.7. The minimum absolute atomic E-state index is 0.362. The second-order valence-electron chi connectivity index (χ2n) is 7.33. The number of imidazole rings is 1. The molecule has 3 rings (SSSR count). The van der Waals surface area contributed by atoms with Crippen LogP contribution < -0.4 is 16.4 Å². The van der Waals surface area contributed by atoms with E-state index in [0.717, 1.165) is 34.7 Å². The van der Waals surface area contributed by atoms with Crippen molar-refractivity contribution in [2.24, 2.45) is 5.73 Å². The maximum Gasteiger partial charge on any atom is 0.226 e. The molecule has 0 saturated carbocycles. The van der Waals surface area contributed by atoms with Crippen molar-refractivity contribution in [1.82, 2.24) is 19.5 Å². The molecule has 0 aliphatic rings. The van der Waals surface area contributed by atoms with E-state index in [4.69, 9.17) is 17.3 Å². The van der Waals surface area contributed by atoms with Gasteiger partial charge in [0.05, 0.1) is 6.33 Å². The number of halogens is 1. The standard InChI is InChI=1S/C19H26ClN7/c1-4-9-27-12-24-15-16(22-10-13-5-7-14(20)8-6-13)25-18(26-17(15)27)23-11-19(2,3)21/h5-8,12H,4,9-11,21H2,1-3H3,(H2,22,23,25,26). The molecule has 144 valence electrons. The number of hydrogen-bond acceptors (Lipinski definition) is 6. The number of nitrogens with one attached hydrogen (secondary N) is 2. The van der Waals surface area contributed by atoms with E-state index in [1.807, 2.05) is 49.0 Å². The first kappa shape index (κ1) is 19.4. The van der Waals surface area contributed by atoms with Gasteiger partial charge < -0.3 is 20.9 Å². The van der Waals surface area contributed by atoms with E-state index in [1.165, 1.54) is 0 Å². The molecule has 0 bridgehead atoms. The Hall–Kier alpha value is -2.38. The quantitative estimate of drug-likeness (QED) is 0.546. The van der Waals surface area contributed by atoms with E-state index in [9.17, 15) is 0 Å². The predicted molar refractivity (Wildman–Crippen MR) is 111 cm³/mol. The Morgan fingerprint density at radius 3 is 2.56 bits per heavy atom. The van der Waals surface area contributed by atoms with Crippen molar-refractivity contribution in [3.8, 4) is 0 Å². The minimum Gasteiger partial charge on any atom is -0.364 e. The molecule has 1 aromatic carbocycles. The van der Waals surface area contributed by atoms with Crippen LogP contribution in [0.25, 0.3) is 11.2 Å². The molecule has 27 heavy (non-hydrogen) atoms. The van der Waals surface area contributed by atoms with E-state index in [0.29, 0.717) is 24.9 Å². The molecule has 0 unspecified atom stereocenters. The van der Waals surface area contributed by atoms with Crippen molar-refractivity contribution < 1.29 is 0 Å². The van der Waals surface area contributed by atoms with Gasteiger partial charge in [-0.2, -0.15) is 9.97 Å². The highest BCUT2D eigenvalue weighted by Crippen LogP contribution is 2.22. The zero-order valence-electron chi connectivity index (χ0n) is 16.0. The molecule has 0 atom stereocenters. The lowest BCUT2D eigenvalue weighted by Gasteiger charge is -2.19. The number of benzene rings is 1. The first-order chi connectivity index (χ1) is 12.9. The summed E-state index contributed by atoms with van der Waals surface area (Å²) in [6.45, 7) is 8.08. The Morgan fingerprint density at radius 1 is 1.15 bits per heavy atom. The van der Waals surface area contributed by atoms with Crippen LogP contribution in [-0.4, -0.2) is 31.6 Å². The van der Waals surface area contributed by atoms with Gasteiger partial charge in [0.1, 0.15) is 0 Å². The number of aromatic nitrogens is 4. The van der Waals surface area contributed by atoms with Gasteiger partial charge in [-0.25, -0.2) is 4.98 Å². The van der Waals surface area contributed by atoms with Crippen LogP contribution in [0.15, 0.2) is 30.6 Å². The Kier molecular flexibility index (Phi) is 5.82. The van der Waals surface area contributed by atoms with Gasteiger partial charge >= 0.3 is 0 Å². The van der Waals surface area contributed by atoms with Gasteiger partial charge in [-0.3, -0.25) is 0 Å². The van der Waals surface area contributed by atoms with Gasteiger partial charge in [0.25, 0.3) is 0 Å². The molecular formula is C19H26ClN7. The van der Waals surface area contributed by atoms with Crippen molar-refractivity contribution in [3.63, 3.8) is 0 Å². The summed E-state index contributed by atoms with van der Waals surface area (Å²) in [7, 11) is 0. The Morgan fingerprint density at radius 2 is 1.89 bits per heavy atom. The molecule has 8 heteroatoms. The van der Waals surface area contributed by atoms with Gasteiger partial charge in [0.2, 0.25) is 5.95 Å². The zero-order chi connectivity index (χ0) is 19.4. The summed E-state index contributed by atoms with van der Waals surface area (Å²) in [6.07, 6.45) is 2.81. The lowest BCUT2D eigenvalue weighted by molar-refractivity contribution is 0.547.